The van der Waals surface area contributed by atoms with E-state index in [1.54, 1.807) is 0 Å². The Labute approximate surface area is 218 Å². The first kappa shape index (κ1) is 25.1. The van der Waals surface area contributed by atoms with Crippen molar-refractivity contribution in [1.29, 1.82) is 0 Å². The molecule has 0 radical (unpaired) electrons. The minimum Gasteiger partial charge on any atom is -0.353 e. The number of nitrogens with one attached hydrogen (secondary N) is 1. The fourth-order valence-corrected chi connectivity index (χ4v) is 5.96. The molecule has 3 heterocycles. The molecule has 0 saturated carbocycles. The van der Waals surface area contributed by atoms with Gasteiger partial charge in [0.2, 0.25) is 5.91 Å². The number of carbonyl (C=O) groups is 2. The predicted molar refractivity (Wildman–Crippen MR) is 141 cm³/mol. The average Bonchev–Trinajstić information content (AvgIpc) is 3.21. The number of Topliss-reactive ketones (excluding diaryl/α,β-unsaturated/α-hetero) is 1. The van der Waals surface area contributed by atoms with E-state index in [9.17, 15) is 9.59 Å². The van der Waals surface area contributed by atoms with Crippen LogP contribution in [0, 0.1) is 0 Å². The molecule has 2 aliphatic heterocycles. The Morgan fingerprint density at radius 2 is 1.78 bits per heavy atom. The van der Waals surface area contributed by atoms with Gasteiger partial charge in [-0.3, -0.25) is 9.59 Å². The van der Waals surface area contributed by atoms with Crippen molar-refractivity contribution in [1.82, 2.24) is 25.1 Å². The number of aromatic nitrogens is 2. The maximum absolute atomic E-state index is 13.9. The molecule has 2 atom stereocenters. The maximum Gasteiger partial charge on any atom is 0.231 e. The maximum atomic E-state index is 13.9. The number of carbonyl (C=O) groups excluding carboxylic acids is 2. The highest BCUT2D eigenvalue weighted by atomic mass is 35.5. The highest BCUT2D eigenvalue weighted by molar-refractivity contribution is 6.30. The first-order chi connectivity index (χ1) is 17.4. The van der Waals surface area contributed by atoms with Crippen molar-refractivity contribution in [3.63, 3.8) is 0 Å². The van der Waals surface area contributed by atoms with Crippen LogP contribution < -0.4 is 10.2 Å². The summed E-state index contributed by atoms with van der Waals surface area (Å²) >= 11 is 6.15. The number of fused-ring (bicyclic) bond motifs is 1. The highest BCUT2D eigenvalue weighted by Crippen LogP contribution is 2.37. The Bertz CT molecular complexity index is 1090. The molecule has 8 nitrogen and oxygen atoms in total. The second-order valence-corrected chi connectivity index (χ2v) is 10.7. The molecule has 2 aromatic rings. The van der Waals surface area contributed by atoms with Gasteiger partial charge in [-0.05, 0) is 56.6 Å². The monoisotopic (exact) mass is 510 g/mol. The van der Waals surface area contributed by atoms with E-state index < -0.39 is 0 Å². The zero-order valence-corrected chi connectivity index (χ0v) is 21.9. The first-order valence-electron chi connectivity index (χ1n) is 13.0. The minimum absolute atomic E-state index is 0.0968. The largest absolute Gasteiger partial charge is 0.353 e. The Hall–Kier alpha value is -2.55. The van der Waals surface area contributed by atoms with E-state index in [4.69, 9.17) is 11.6 Å². The average molecular weight is 511 g/mol. The summed E-state index contributed by atoms with van der Waals surface area (Å²) in [6.45, 7) is 7.41. The highest BCUT2D eigenvalue weighted by Gasteiger charge is 2.35. The van der Waals surface area contributed by atoms with Gasteiger partial charge in [-0.25, -0.2) is 9.97 Å². The second kappa shape index (κ2) is 10.8. The van der Waals surface area contributed by atoms with Gasteiger partial charge in [-0.15, -0.1) is 0 Å². The number of ketones is 1. The van der Waals surface area contributed by atoms with Gasteiger partial charge >= 0.3 is 0 Å². The second-order valence-electron chi connectivity index (χ2n) is 10.3. The fraction of sp³-hybridized carbons (Fsp3) is 0.556. The molecule has 1 amide bonds. The number of anilines is 1. The summed E-state index contributed by atoms with van der Waals surface area (Å²) in [4.78, 5) is 41.6. The zero-order chi connectivity index (χ0) is 25.2. The Morgan fingerprint density at radius 1 is 1.08 bits per heavy atom. The van der Waals surface area contributed by atoms with Crippen molar-refractivity contribution in [2.75, 3.05) is 57.8 Å². The summed E-state index contributed by atoms with van der Waals surface area (Å²) in [7, 11) is 2.02. The van der Waals surface area contributed by atoms with Crippen LogP contribution in [-0.2, 0) is 4.79 Å². The molecule has 1 aromatic carbocycles. The number of hydrogen-bond acceptors (Lipinski definition) is 7. The van der Waals surface area contributed by atoms with Crippen molar-refractivity contribution in [2.24, 2.45) is 0 Å². The van der Waals surface area contributed by atoms with Gasteiger partial charge in [-0.2, -0.15) is 0 Å². The number of piperidine rings is 1. The smallest absolute Gasteiger partial charge is 0.231 e. The van der Waals surface area contributed by atoms with Crippen LogP contribution in [0.3, 0.4) is 0 Å². The van der Waals surface area contributed by atoms with E-state index >= 15 is 0 Å². The molecule has 36 heavy (non-hydrogen) atoms. The van der Waals surface area contributed by atoms with E-state index in [2.05, 4.69) is 32.0 Å². The summed E-state index contributed by atoms with van der Waals surface area (Å²) in [5, 5.41) is 4.06. The van der Waals surface area contributed by atoms with Gasteiger partial charge in [0, 0.05) is 55.8 Å². The van der Waals surface area contributed by atoms with E-state index in [1.165, 1.54) is 6.33 Å². The van der Waals surface area contributed by atoms with Crippen LogP contribution in [0.4, 0.5) is 5.82 Å². The number of hydrogen-bond donors (Lipinski definition) is 1. The SMILES string of the molecule is CNC1CCN(C[C@H](C(=O)N2CCN(c3ncnc4c3C(C)CC4=O)CC2)c2ccc(Cl)cc2)CC1. The van der Waals surface area contributed by atoms with Crippen LogP contribution >= 0.6 is 11.6 Å². The predicted octanol–water partition coefficient (Wildman–Crippen LogP) is 2.94. The lowest BCUT2D eigenvalue weighted by molar-refractivity contribution is -0.133. The summed E-state index contributed by atoms with van der Waals surface area (Å²) < 4.78 is 0. The fourth-order valence-electron chi connectivity index (χ4n) is 5.83. The summed E-state index contributed by atoms with van der Waals surface area (Å²) in [5.41, 5.74) is 2.55. The number of piperazine rings is 1. The first-order valence-corrected chi connectivity index (χ1v) is 13.4. The van der Waals surface area contributed by atoms with Crippen molar-refractivity contribution < 1.29 is 9.59 Å². The molecule has 2 saturated heterocycles. The normalized spacial score (nSPS) is 22.1. The molecule has 0 bridgehead atoms. The summed E-state index contributed by atoms with van der Waals surface area (Å²) in [5.74, 6) is 1.03. The van der Waals surface area contributed by atoms with Crippen LogP contribution in [-0.4, -0.2) is 90.4 Å². The van der Waals surface area contributed by atoms with E-state index in [0.717, 1.165) is 49.4 Å². The third kappa shape index (κ3) is 5.12. The molecule has 3 aliphatic rings. The zero-order valence-electron chi connectivity index (χ0n) is 21.1. The van der Waals surface area contributed by atoms with E-state index in [-0.39, 0.29) is 23.5 Å². The lowest BCUT2D eigenvalue weighted by Gasteiger charge is -2.39. The van der Waals surface area contributed by atoms with Crippen LogP contribution in [0.2, 0.25) is 5.02 Å². The lowest BCUT2D eigenvalue weighted by atomic mass is 9.95. The van der Waals surface area contributed by atoms with Crippen LogP contribution in [0.1, 0.15) is 59.6 Å². The standard InChI is InChI=1S/C27H35ClN6O2/c1-18-15-23(35)25-24(18)26(31-17-30-25)33-11-13-34(14-12-33)27(36)22(19-3-5-20(28)6-4-19)16-32-9-7-21(29-2)8-10-32/h3-6,17-18,21-22,29H,7-16H2,1-2H3/t18?,22-/m0/s1. The van der Waals surface area contributed by atoms with Crippen LogP contribution in [0.15, 0.2) is 30.6 Å². The van der Waals surface area contributed by atoms with Crippen molar-refractivity contribution >= 4 is 29.1 Å². The quantitative estimate of drug-likeness (QED) is 0.639. The lowest BCUT2D eigenvalue weighted by Crippen LogP contribution is -2.52. The number of likely N-dealkylation sites (tertiary alicyclic amines) is 1. The van der Waals surface area contributed by atoms with Crippen molar-refractivity contribution in [3.8, 4) is 0 Å². The van der Waals surface area contributed by atoms with E-state index in [1.807, 2.05) is 36.2 Å². The summed E-state index contributed by atoms with van der Waals surface area (Å²) in [6, 6.07) is 8.29. The Morgan fingerprint density at radius 3 is 2.44 bits per heavy atom. The van der Waals surface area contributed by atoms with Gasteiger partial charge in [0.05, 0.1) is 5.92 Å². The van der Waals surface area contributed by atoms with Gasteiger partial charge in [0.15, 0.2) is 5.78 Å². The Balaban J connectivity index is 1.29. The van der Waals surface area contributed by atoms with Gasteiger partial charge < -0.3 is 20.0 Å². The number of rotatable bonds is 6. The minimum atomic E-state index is -0.221. The van der Waals surface area contributed by atoms with Crippen LogP contribution in [0.25, 0.3) is 0 Å². The Kier molecular flexibility index (Phi) is 7.55. The molecule has 5 rings (SSSR count). The molecule has 1 unspecified atom stereocenters. The number of nitrogens with zero attached hydrogens (tertiary/aromatic N) is 5. The molecule has 1 aliphatic carbocycles. The third-order valence-electron chi connectivity index (χ3n) is 8.01. The number of amides is 1. The number of benzene rings is 1. The molecular formula is C27H35ClN6O2. The third-order valence-corrected chi connectivity index (χ3v) is 8.26. The molecule has 192 valence electrons. The van der Waals surface area contributed by atoms with Gasteiger partial charge in [-0.1, -0.05) is 30.7 Å². The topological polar surface area (TPSA) is 81.7 Å². The van der Waals surface area contributed by atoms with Crippen molar-refractivity contribution in [2.45, 2.75) is 44.1 Å². The number of halogens is 1. The van der Waals surface area contributed by atoms with Crippen molar-refractivity contribution in [3.05, 3.63) is 52.4 Å². The molecule has 1 aromatic heterocycles. The van der Waals surface area contributed by atoms with Gasteiger partial charge in [0.25, 0.3) is 0 Å². The molecule has 0 spiro atoms. The molecule has 9 heteroatoms. The van der Waals surface area contributed by atoms with Gasteiger partial charge in [0.1, 0.15) is 17.8 Å². The summed E-state index contributed by atoms with van der Waals surface area (Å²) in [6.07, 6.45) is 4.19. The van der Waals surface area contributed by atoms with Crippen LogP contribution in [0.5, 0.6) is 0 Å². The molecule has 2 fully saturated rings. The molecule has 1 N–H and O–H groups in total. The molecular weight excluding hydrogens is 476 g/mol. The van der Waals surface area contributed by atoms with E-state index in [0.29, 0.717) is 49.4 Å².